The van der Waals surface area contributed by atoms with Crippen LogP contribution in [0.2, 0.25) is 0 Å². The molecule has 1 spiro atoms. The Morgan fingerprint density at radius 1 is 1.10 bits per heavy atom. The summed E-state index contributed by atoms with van der Waals surface area (Å²) in [6.45, 7) is 3.82. The summed E-state index contributed by atoms with van der Waals surface area (Å²) in [6.07, 6.45) is 7.55. The molecule has 3 aliphatic rings. The smallest absolute Gasteiger partial charge is 0.236 e. The van der Waals surface area contributed by atoms with Gasteiger partial charge in [-0.25, -0.2) is 0 Å². The van der Waals surface area contributed by atoms with Crippen molar-refractivity contribution in [1.82, 2.24) is 10.2 Å². The van der Waals surface area contributed by atoms with E-state index < -0.39 is 0 Å². The molecule has 0 radical (unpaired) electrons. The number of amides is 1. The van der Waals surface area contributed by atoms with Crippen LogP contribution in [-0.4, -0.2) is 55.5 Å². The molecule has 20 heavy (non-hydrogen) atoms. The maximum atomic E-state index is 12.1. The zero-order chi connectivity index (χ0) is 13.8. The molecule has 1 aliphatic carbocycles. The second-order valence-corrected chi connectivity index (χ2v) is 6.20. The second-order valence-electron chi connectivity index (χ2n) is 6.20. The minimum Gasteiger partial charge on any atom is -0.348 e. The van der Waals surface area contributed by atoms with Crippen molar-refractivity contribution in [1.29, 1.82) is 0 Å². The van der Waals surface area contributed by atoms with Gasteiger partial charge < -0.3 is 19.7 Å². The van der Waals surface area contributed by atoms with Gasteiger partial charge >= 0.3 is 0 Å². The predicted molar refractivity (Wildman–Crippen MR) is 75.3 cm³/mol. The molecule has 0 aromatic rings. The van der Waals surface area contributed by atoms with Gasteiger partial charge in [-0.2, -0.15) is 0 Å². The Morgan fingerprint density at radius 2 is 1.75 bits per heavy atom. The van der Waals surface area contributed by atoms with Crippen LogP contribution in [0.15, 0.2) is 0 Å². The quantitative estimate of drug-likeness (QED) is 0.847. The molecule has 0 unspecified atom stereocenters. The van der Waals surface area contributed by atoms with Crippen LogP contribution in [-0.2, 0) is 14.3 Å². The van der Waals surface area contributed by atoms with E-state index in [1.165, 1.54) is 6.42 Å². The summed E-state index contributed by atoms with van der Waals surface area (Å²) in [5, 5.41) is 3.42. The van der Waals surface area contributed by atoms with Crippen molar-refractivity contribution < 1.29 is 14.3 Å². The molecule has 3 fully saturated rings. The van der Waals surface area contributed by atoms with E-state index in [4.69, 9.17) is 9.47 Å². The summed E-state index contributed by atoms with van der Waals surface area (Å²) in [5.41, 5.74) is 0. The third kappa shape index (κ3) is 3.32. The molecule has 0 aromatic heterocycles. The molecule has 114 valence electrons. The highest BCUT2D eigenvalue weighted by Gasteiger charge is 2.40. The van der Waals surface area contributed by atoms with Gasteiger partial charge in [0.2, 0.25) is 5.91 Å². The van der Waals surface area contributed by atoms with Gasteiger partial charge in [-0.3, -0.25) is 4.79 Å². The number of piperidine rings is 1. The van der Waals surface area contributed by atoms with E-state index in [0.717, 1.165) is 64.8 Å². The highest BCUT2D eigenvalue weighted by molar-refractivity contribution is 5.78. The van der Waals surface area contributed by atoms with Gasteiger partial charge in [0, 0.05) is 32.0 Å². The maximum absolute atomic E-state index is 12.1. The molecular weight excluding hydrogens is 256 g/mol. The molecule has 3 rings (SSSR count). The number of carbonyl (C=O) groups is 1. The van der Waals surface area contributed by atoms with Crippen molar-refractivity contribution in [2.45, 2.75) is 56.8 Å². The highest BCUT2D eigenvalue weighted by Crippen LogP contribution is 2.35. The van der Waals surface area contributed by atoms with Gasteiger partial charge in [0.15, 0.2) is 5.79 Å². The van der Waals surface area contributed by atoms with E-state index in [0.29, 0.717) is 12.6 Å². The Balaban J connectivity index is 1.38. The lowest BCUT2D eigenvalue weighted by molar-refractivity contribution is -0.179. The van der Waals surface area contributed by atoms with Crippen LogP contribution < -0.4 is 5.32 Å². The van der Waals surface area contributed by atoms with Crippen LogP contribution in [0, 0.1) is 0 Å². The lowest BCUT2D eigenvalue weighted by Crippen LogP contribution is -2.46. The summed E-state index contributed by atoms with van der Waals surface area (Å²) < 4.78 is 11.5. The van der Waals surface area contributed by atoms with Crippen LogP contribution >= 0.6 is 0 Å². The Bertz CT molecular complexity index is 326. The number of rotatable bonds is 3. The largest absolute Gasteiger partial charge is 0.348 e. The molecule has 2 heterocycles. The summed E-state index contributed by atoms with van der Waals surface area (Å²) >= 11 is 0. The summed E-state index contributed by atoms with van der Waals surface area (Å²) in [4.78, 5) is 14.1. The van der Waals surface area contributed by atoms with Gasteiger partial charge in [-0.05, 0) is 32.1 Å². The topological polar surface area (TPSA) is 50.8 Å². The molecule has 1 saturated carbocycles. The Hall–Kier alpha value is -0.650. The van der Waals surface area contributed by atoms with Crippen molar-refractivity contribution in [2.75, 3.05) is 32.8 Å². The number of carbonyl (C=O) groups excluding carboxylic acids is 1. The Labute approximate surface area is 121 Å². The maximum Gasteiger partial charge on any atom is 0.236 e. The summed E-state index contributed by atoms with van der Waals surface area (Å²) in [7, 11) is 0. The lowest BCUT2D eigenvalue weighted by Gasteiger charge is -2.36. The van der Waals surface area contributed by atoms with Gasteiger partial charge in [-0.15, -0.1) is 0 Å². The molecule has 0 aromatic carbocycles. The van der Waals surface area contributed by atoms with Crippen molar-refractivity contribution in [2.24, 2.45) is 0 Å². The third-order valence-corrected chi connectivity index (χ3v) is 4.81. The van der Waals surface area contributed by atoms with Gasteiger partial charge in [-0.1, -0.05) is 0 Å². The minimum absolute atomic E-state index is 0.262. The first kappa shape index (κ1) is 14.3. The molecule has 1 amide bonds. The van der Waals surface area contributed by atoms with Crippen molar-refractivity contribution in [3.05, 3.63) is 0 Å². The zero-order valence-corrected chi connectivity index (χ0v) is 12.2. The summed E-state index contributed by atoms with van der Waals surface area (Å²) in [6, 6.07) is 0.433. The molecule has 0 bridgehead atoms. The fourth-order valence-corrected chi connectivity index (χ4v) is 3.53. The number of likely N-dealkylation sites (tertiary alicyclic amines) is 1. The fourth-order valence-electron chi connectivity index (χ4n) is 3.53. The van der Waals surface area contributed by atoms with E-state index in [2.05, 4.69) is 5.32 Å². The molecule has 1 N–H and O–H groups in total. The van der Waals surface area contributed by atoms with E-state index in [9.17, 15) is 4.79 Å². The third-order valence-electron chi connectivity index (χ3n) is 4.81. The molecule has 2 saturated heterocycles. The van der Waals surface area contributed by atoms with Gasteiger partial charge in [0.25, 0.3) is 0 Å². The normalized spacial score (nSPS) is 27.1. The fraction of sp³-hybridized carbons (Fsp3) is 0.933. The van der Waals surface area contributed by atoms with Crippen molar-refractivity contribution in [3.8, 4) is 0 Å². The zero-order valence-electron chi connectivity index (χ0n) is 12.2. The predicted octanol–water partition coefficient (Wildman–Crippen LogP) is 1.27. The van der Waals surface area contributed by atoms with E-state index >= 15 is 0 Å². The van der Waals surface area contributed by atoms with Crippen LogP contribution in [0.5, 0.6) is 0 Å². The van der Waals surface area contributed by atoms with Crippen molar-refractivity contribution >= 4 is 5.91 Å². The van der Waals surface area contributed by atoms with E-state index in [1.807, 2.05) is 4.90 Å². The molecule has 2 aliphatic heterocycles. The molecule has 0 atom stereocenters. The Kier molecular flexibility index (Phi) is 4.58. The van der Waals surface area contributed by atoms with E-state index in [-0.39, 0.29) is 11.7 Å². The lowest BCUT2D eigenvalue weighted by atomic mass is 9.90. The molecular formula is C15H26N2O3. The number of nitrogens with one attached hydrogen (secondary N) is 1. The van der Waals surface area contributed by atoms with Crippen LogP contribution in [0.3, 0.4) is 0 Å². The van der Waals surface area contributed by atoms with Crippen LogP contribution in [0.25, 0.3) is 0 Å². The molecule has 5 nitrogen and oxygen atoms in total. The first-order valence-electron chi connectivity index (χ1n) is 8.07. The van der Waals surface area contributed by atoms with Crippen LogP contribution in [0.1, 0.15) is 44.9 Å². The Morgan fingerprint density at radius 3 is 2.40 bits per heavy atom. The first-order chi connectivity index (χ1) is 9.77. The van der Waals surface area contributed by atoms with Crippen molar-refractivity contribution in [3.63, 3.8) is 0 Å². The average Bonchev–Trinajstić information content (AvgIpc) is 2.96. The molecule has 5 heteroatoms. The van der Waals surface area contributed by atoms with E-state index in [1.54, 1.807) is 0 Å². The highest BCUT2D eigenvalue weighted by atomic mass is 16.7. The number of nitrogens with zero attached hydrogens (tertiary/aromatic N) is 1. The standard InChI is InChI=1S/C15H26N2O3/c18-14(17-8-2-1-3-9-17)12-16-13-4-6-15(7-5-13)19-10-11-20-15/h13,16H,1-12H2. The first-order valence-corrected chi connectivity index (χ1v) is 8.07. The number of ether oxygens (including phenoxy) is 2. The minimum atomic E-state index is -0.297. The number of hydrogen-bond donors (Lipinski definition) is 1. The number of hydrogen-bond acceptors (Lipinski definition) is 4. The van der Waals surface area contributed by atoms with Crippen LogP contribution in [0.4, 0.5) is 0 Å². The monoisotopic (exact) mass is 282 g/mol. The van der Waals surface area contributed by atoms with Gasteiger partial charge in [0.1, 0.15) is 0 Å². The van der Waals surface area contributed by atoms with Gasteiger partial charge in [0.05, 0.1) is 19.8 Å². The second kappa shape index (κ2) is 6.41. The summed E-state index contributed by atoms with van der Waals surface area (Å²) in [5.74, 6) is -0.0342. The SMILES string of the molecule is O=C(CNC1CCC2(CC1)OCCO2)N1CCCCC1. The average molecular weight is 282 g/mol.